The molecule has 0 spiro atoms. The van der Waals surface area contributed by atoms with Gasteiger partial charge < -0.3 is 9.29 Å². The van der Waals surface area contributed by atoms with Crippen LogP contribution in [0.25, 0.3) is 0 Å². The number of hydrogen-bond donors (Lipinski definition) is 0. The van der Waals surface area contributed by atoms with Crippen LogP contribution < -0.4 is 0 Å². The molecule has 1 aromatic rings. The summed E-state index contributed by atoms with van der Waals surface area (Å²) in [5.74, 6) is -0.454. The highest BCUT2D eigenvalue weighted by atomic mass is 32.2. The zero-order valence-electron chi connectivity index (χ0n) is 7.52. The molecule has 0 aliphatic rings. The smallest absolute Gasteiger partial charge is 0.348 e. The predicted octanol–water partition coefficient (Wildman–Crippen LogP) is 1.30. The largest absolute Gasteiger partial charge is 0.772 e. The molecule has 0 aromatic carbocycles. The normalized spacial score (nSPS) is 12.4. The van der Waals surface area contributed by atoms with Crippen molar-refractivity contribution in [1.82, 2.24) is 0 Å². The van der Waals surface area contributed by atoms with Crippen molar-refractivity contribution in [2.24, 2.45) is 0 Å². The number of ether oxygens (including phenoxy) is 1. The lowest BCUT2D eigenvalue weighted by molar-refractivity contribution is 0.0532. The Morgan fingerprint density at radius 1 is 1.64 bits per heavy atom. The van der Waals surface area contributed by atoms with E-state index in [0.717, 1.165) is 11.3 Å². The van der Waals surface area contributed by atoms with Crippen LogP contribution in [0.15, 0.2) is 12.1 Å². The number of esters is 1. The molecule has 0 saturated heterocycles. The van der Waals surface area contributed by atoms with Crippen molar-refractivity contribution in [2.45, 2.75) is 12.7 Å². The van der Waals surface area contributed by atoms with Crippen LogP contribution in [0, 0.1) is 0 Å². The molecule has 0 aliphatic heterocycles. The lowest BCUT2D eigenvalue weighted by Crippen LogP contribution is -2.01. The van der Waals surface area contributed by atoms with Crippen LogP contribution in [0.2, 0.25) is 0 Å². The number of rotatable bonds is 4. The maximum atomic E-state index is 11.2. The highest BCUT2D eigenvalue weighted by Gasteiger charge is 2.09. The van der Waals surface area contributed by atoms with Gasteiger partial charge in [-0.15, -0.1) is 11.3 Å². The van der Waals surface area contributed by atoms with E-state index in [-0.39, 0.29) is 5.75 Å². The van der Waals surface area contributed by atoms with Gasteiger partial charge in [0.2, 0.25) is 0 Å². The summed E-state index contributed by atoms with van der Waals surface area (Å²) in [5.41, 5.74) is 0. The van der Waals surface area contributed by atoms with Crippen LogP contribution in [0.5, 0.6) is 0 Å². The van der Waals surface area contributed by atoms with Gasteiger partial charge in [-0.1, -0.05) is 0 Å². The Labute approximate surface area is 88.2 Å². The van der Waals surface area contributed by atoms with Crippen LogP contribution in [0.3, 0.4) is 0 Å². The Kier molecular flexibility index (Phi) is 4.24. The minimum absolute atomic E-state index is 0.0515. The van der Waals surface area contributed by atoms with Crippen molar-refractivity contribution in [3.63, 3.8) is 0 Å². The minimum atomic E-state index is -2.11. The first-order chi connectivity index (χ1) is 6.63. The van der Waals surface area contributed by atoms with Gasteiger partial charge in [-0.25, -0.2) is 4.79 Å². The summed E-state index contributed by atoms with van der Waals surface area (Å²) in [5, 5.41) is 0. The molecule has 1 heterocycles. The molecule has 0 fully saturated rings. The zero-order chi connectivity index (χ0) is 10.6. The quantitative estimate of drug-likeness (QED) is 0.581. The van der Waals surface area contributed by atoms with E-state index in [1.807, 2.05) is 0 Å². The highest BCUT2D eigenvalue weighted by molar-refractivity contribution is 7.78. The summed E-state index contributed by atoms with van der Waals surface area (Å²) in [6, 6.07) is 3.19. The van der Waals surface area contributed by atoms with Gasteiger partial charge in [-0.05, 0) is 30.1 Å². The summed E-state index contributed by atoms with van der Waals surface area (Å²) in [4.78, 5) is 12.3. The summed E-state index contributed by atoms with van der Waals surface area (Å²) in [6.45, 7) is 2.04. The van der Waals surface area contributed by atoms with Gasteiger partial charge in [-0.2, -0.15) is 0 Å². The Hall–Kier alpha value is -0.720. The summed E-state index contributed by atoms with van der Waals surface area (Å²) in [6.07, 6.45) is 0. The van der Waals surface area contributed by atoms with Crippen molar-refractivity contribution in [2.75, 3.05) is 6.61 Å². The molecular weight excluding hydrogens is 224 g/mol. The third-order valence-corrected chi connectivity index (χ3v) is 3.19. The van der Waals surface area contributed by atoms with Gasteiger partial charge in [0.05, 0.1) is 6.61 Å². The molecule has 0 N–H and O–H groups in total. The first-order valence-electron chi connectivity index (χ1n) is 3.95. The SMILES string of the molecule is CCOC(=O)c1ccc(CS(=O)[O-])s1. The standard InChI is InChI=1S/C8H10O4S2/c1-2-12-8(9)7-4-3-6(13-7)5-14(10)11/h3-4H,2,5H2,1H3,(H,10,11)/p-1. The molecule has 0 radical (unpaired) electrons. The maximum absolute atomic E-state index is 11.2. The van der Waals surface area contributed by atoms with Crippen molar-refractivity contribution in [3.05, 3.63) is 21.9 Å². The van der Waals surface area contributed by atoms with Crippen LogP contribution in [0.4, 0.5) is 0 Å². The first-order valence-corrected chi connectivity index (χ1v) is 6.01. The molecule has 4 nitrogen and oxygen atoms in total. The van der Waals surface area contributed by atoms with Gasteiger partial charge in [-0.3, -0.25) is 4.21 Å². The van der Waals surface area contributed by atoms with Crippen molar-refractivity contribution in [3.8, 4) is 0 Å². The molecular formula is C8H9O4S2-. The van der Waals surface area contributed by atoms with E-state index in [2.05, 4.69) is 0 Å². The number of thiophene rings is 1. The second-order valence-electron chi connectivity index (χ2n) is 2.43. The molecule has 6 heteroatoms. The molecule has 0 bridgehead atoms. The third-order valence-electron chi connectivity index (χ3n) is 1.40. The second kappa shape index (κ2) is 5.23. The fourth-order valence-corrected chi connectivity index (χ4v) is 2.43. The zero-order valence-corrected chi connectivity index (χ0v) is 9.15. The summed E-state index contributed by atoms with van der Waals surface area (Å²) < 4.78 is 25.5. The van der Waals surface area contributed by atoms with E-state index in [9.17, 15) is 13.6 Å². The maximum Gasteiger partial charge on any atom is 0.348 e. The number of carbonyl (C=O) groups is 1. The second-order valence-corrected chi connectivity index (χ2v) is 4.50. The summed E-state index contributed by atoms with van der Waals surface area (Å²) >= 11 is -0.970. The monoisotopic (exact) mass is 233 g/mol. The molecule has 0 saturated carbocycles. The fraction of sp³-hybridized carbons (Fsp3) is 0.375. The lowest BCUT2D eigenvalue weighted by atomic mass is 10.4. The van der Waals surface area contributed by atoms with E-state index in [1.54, 1.807) is 19.1 Å². The topological polar surface area (TPSA) is 66.4 Å². The average Bonchev–Trinajstić information content (AvgIpc) is 2.52. The van der Waals surface area contributed by atoms with E-state index < -0.39 is 17.0 Å². The molecule has 0 amide bonds. The minimum Gasteiger partial charge on any atom is -0.772 e. The van der Waals surface area contributed by atoms with Gasteiger partial charge >= 0.3 is 5.97 Å². The number of hydrogen-bond acceptors (Lipinski definition) is 5. The highest BCUT2D eigenvalue weighted by Crippen LogP contribution is 2.18. The Morgan fingerprint density at radius 3 is 2.93 bits per heavy atom. The Bertz CT molecular complexity index is 345. The lowest BCUT2D eigenvalue weighted by Gasteiger charge is -2.00. The first kappa shape index (κ1) is 11.4. The van der Waals surface area contributed by atoms with Gasteiger partial charge in [0.25, 0.3) is 0 Å². The van der Waals surface area contributed by atoms with Crippen molar-refractivity contribution >= 4 is 28.4 Å². The molecule has 1 rings (SSSR count). The third kappa shape index (κ3) is 3.21. The molecule has 14 heavy (non-hydrogen) atoms. The molecule has 78 valence electrons. The van der Waals surface area contributed by atoms with E-state index in [0.29, 0.717) is 16.4 Å². The van der Waals surface area contributed by atoms with Crippen LogP contribution in [-0.4, -0.2) is 21.3 Å². The van der Waals surface area contributed by atoms with Crippen LogP contribution >= 0.6 is 11.3 Å². The summed E-state index contributed by atoms with van der Waals surface area (Å²) in [7, 11) is 0. The van der Waals surface area contributed by atoms with Crippen LogP contribution in [0.1, 0.15) is 21.5 Å². The van der Waals surface area contributed by atoms with E-state index >= 15 is 0 Å². The van der Waals surface area contributed by atoms with E-state index in [1.165, 1.54) is 0 Å². The fourth-order valence-electron chi connectivity index (χ4n) is 0.884. The molecule has 0 aliphatic carbocycles. The van der Waals surface area contributed by atoms with E-state index in [4.69, 9.17) is 4.74 Å². The molecule has 1 aromatic heterocycles. The molecule has 1 unspecified atom stereocenters. The predicted molar refractivity (Wildman–Crippen MR) is 52.9 cm³/mol. The van der Waals surface area contributed by atoms with Gasteiger partial charge in [0.1, 0.15) is 4.88 Å². The van der Waals surface area contributed by atoms with Crippen molar-refractivity contribution in [1.29, 1.82) is 0 Å². The average molecular weight is 233 g/mol. The number of carbonyl (C=O) groups excluding carboxylic acids is 1. The molecule has 1 atom stereocenters. The Morgan fingerprint density at radius 2 is 2.36 bits per heavy atom. The van der Waals surface area contributed by atoms with Gasteiger partial charge in [0, 0.05) is 10.6 Å². The van der Waals surface area contributed by atoms with Crippen molar-refractivity contribution < 1.29 is 18.3 Å². The Balaban J connectivity index is 2.67. The van der Waals surface area contributed by atoms with Crippen LogP contribution in [-0.2, 0) is 21.6 Å². The van der Waals surface area contributed by atoms with Gasteiger partial charge in [0.15, 0.2) is 0 Å².